The van der Waals surface area contributed by atoms with E-state index in [1.54, 1.807) is 6.92 Å². The number of nitrogens with zero attached hydrogens (tertiary/aromatic N) is 3. The SMILES string of the molecule is Cc1nc(Cl)cc(Nc2ccc(C#N)cc2F)n1. The van der Waals surface area contributed by atoms with Crippen LogP contribution in [0.2, 0.25) is 5.15 Å². The van der Waals surface area contributed by atoms with Gasteiger partial charge >= 0.3 is 0 Å². The highest BCUT2D eigenvalue weighted by molar-refractivity contribution is 6.29. The zero-order chi connectivity index (χ0) is 13.1. The smallest absolute Gasteiger partial charge is 0.147 e. The Morgan fingerprint density at radius 2 is 2.11 bits per heavy atom. The van der Waals surface area contributed by atoms with Gasteiger partial charge in [0, 0.05) is 6.07 Å². The molecule has 2 rings (SSSR count). The molecule has 1 heterocycles. The van der Waals surface area contributed by atoms with E-state index in [2.05, 4.69) is 15.3 Å². The number of hydrogen-bond acceptors (Lipinski definition) is 4. The minimum atomic E-state index is -0.526. The van der Waals surface area contributed by atoms with Gasteiger partial charge in [0.2, 0.25) is 0 Å². The zero-order valence-electron chi connectivity index (χ0n) is 9.41. The van der Waals surface area contributed by atoms with Gasteiger partial charge in [-0.25, -0.2) is 14.4 Å². The number of benzene rings is 1. The lowest BCUT2D eigenvalue weighted by atomic mass is 10.2. The first-order valence-electron chi connectivity index (χ1n) is 5.06. The fourth-order valence-electron chi connectivity index (χ4n) is 1.42. The van der Waals surface area contributed by atoms with Crippen molar-refractivity contribution < 1.29 is 4.39 Å². The molecule has 1 aromatic carbocycles. The molecule has 4 nitrogen and oxygen atoms in total. The molecule has 0 atom stereocenters. The minimum Gasteiger partial charge on any atom is -0.338 e. The predicted octanol–water partition coefficient (Wildman–Crippen LogP) is 3.19. The fourth-order valence-corrected chi connectivity index (χ4v) is 1.64. The van der Waals surface area contributed by atoms with Crippen LogP contribution in [-0.4, -0.2) is 9.97 Å². The lowest BCUT2D eigenvalue weighted by Crippen LogP contribution is -1.99. The summed E-state index contributed by atoms with van der Waals surface area (Å²) in [4.78, 5) is 7.98. The van der Waals surface area contributed by atoms with Gasteiger partial charge in [-0.3, -0.25) is 0 Å². The Morgan fingerprint density at radius 1 is 1.33 bits per heavy atom. The Bertz CT molecular complexity index is 616. The topological polar surface area (TPSA) is 61.6 Å². The van der Waals surface area contributed by atoms with E-state index in [4.69, 9.17) is 16.9 Å². The largest absolute Gasteiger partial charge is 0.338 e. The highest BCUT2D eigenvalue weighted by atomic mass is 35.5. The van der Waals surface area contributed by atoms with Crippen LogP contribution in [0.15, 0.2) is 24.3 Å². The van der Waals surface area contributed by atoms with E-state index < -0.39 is 5.82 Å². The molecule has 1 N–H and O–H groups in total. The first kappa shape index (κ1) is 12.3. The van der Waals surface area contributed by atoms with Gasteiger partial charge in [-0.05, 0) is 25.1 Å². The average molecular weight is 263 g/mol. The molecular weight excluding hydrogens is 255 g/mol. The van der Waals surface area contributed by atoms with E-state index in [1.165, 1.54) is 18.2 Å². The molecule has 0 radical (unpaired) electrons. The monoisotopic (exact) mass is 262 g/mol. The van der Waals surface area contributed by atoms with E-state index in [0.717, 1.165) is 6.07 Å². The van der Waals surface area contributed by atoms with Crippen molar-refractivity contribution in [2.24, 2.45) is 0 Å². The van der Waals surface area contributed by atoms with E-state index in [9.17, 15) is 4.39 Å². The van der Waals surface area contributed by atoms with Crippen molar-refractivity contribution in [3.8, 4) is 6.07 Å². The number of halogens is 2. The maximum atomic E-state index is 13.6. The van der Waals surface area contributed by atoms with Crippen molar-refractivity contribution in [3.05, 3.63) is 46.6 Å². The second-order valence-corrected chi connectivity index (χ2v) is 3.94. The van der Waals surface area contributed by atoms with Crippen LogP contribution in [0.3, 0.4) is 0 Å². The van der Waals surface area contributed by atoms with Crippen LogP contribution in [0, 0.1) is 24.1 Å². The van der Waals surface area contributed by atoms with Gasteiger partial charge < -0.3 is 5.32 Å². The average Bonchev–Trinajstić information content (AvgIpc) is 2.30. The lowest BCUT2D eigenvalue weighted by Gasteiger charge is -2.07. The van der Waals surface area contributed by atoms with Gasteiger partial charge in [-0.2, -0.15) is 5.26 Å². The summed E-state index contributed by atoms with van der Waals surface area (Å²) in [7, 11) is 0. The molecule has 0 bridgehead atoms. The second kappa shape index (κ2) is 4.98. The number of aryl methyl sites for hydroxylation is 1. The maximum Gasteiger partial charge on any atom is 0.147 e. The van der Waals surface area contributed by atoms with Crippen molar-refractivity contribution in [1.82, 2.24) is 9.97 Å². The molecule has 18 heavy (non-hydrogen) atoms. The van der Waals surface area contributed by atoms with E-state index in [1.807, 2.05) is 6.07 Å². The van der Waals surface area contributed by atoms with Gasteiger partial charge in [-0.15, -0.1) is 0 Å². The summed E-state index contributed by atoms with van der Waals surface area (Å²) in [6.07, 6.45) is 0. The van der Waals surface area contributed by atoms with Gasteiger partial charge in [0.05, 0.1) is 17.3 Å². The van der Waals surface area contributed by atoms with E-state index in [-0.39, 0.29) is 16.4 Å². The van der Waals surface area contributed by atoms with Crippen LogP contribution >= 0.6 is 11.6 Å². The molecule has 0 fully saturated rings. The number of anilines is 2. The Balaban J connectivity index is 2.31. The Morgan fingerprint density at radius 3 is 2.72 bits per heavy atom. The Kier molecular flexibility index (Phi) is 3.40. The molecule has 6 heteroatoms. The summed E-state index contributed by atoms with van der Waals surface area (Å²) in [6.45, 7) is 1.69. The predicted molar refractivity (Wildman–Crippen MR) is 66.2 cm³/mol. The van der Waals surface area contributed by atoms with E-state index in [0.29, 0.717) is 11.6 Å². The molecular formula is C12H8ClFN4. The van der Waals surface area contributed by atoms with Crippen molar-refractivity contribution in [2.45, 2.75) is 6.92 Å². The third kappa shape index (κ3) is 2.73. The van der Waals surface area contributed by atoms with Crippen LogP contribution in [-0.2, 0) is 0 Å². The quantitative estimate of drug-likeness (QED) is 0.845. The number of hydrogen-bond donors (Lipinski definition) is 1. The van der Waals surface area contributed by atoms with E-state index >= 15 is 0 Å². The molecule has 2 aromatic rings. The van der Waals surface area contributed by atoms with Crippen molar-refractivity contribution in [2.75, 3.05) is 5.32 Å². The number of rotatable bonds is 2. The molecule has 0 spiro atoms. The summed E-state index contributed by atoms with van der Waals surface area (Å²) in [5.41, 5.74) is 0.484. The maximum absolute atomic E-state index is 13.6. The van der Waals surface area contributed by atoms with Crippen molar-refractivity contribution >= 4 is 23.1 Å². The van der Waals surface area contributed by atoms with Gasteiger partial charge in [-0.1, -0.05) is 11.6 Å². The summed E-state index contributed by atoms with van der Waals surface area (Å²) in [5, 5.41) is 11.7. The van der Waals surface area contributed by atoms with Crippen LogP contribution in [0.25, 0.3) is 0 Å². The molecule has 0 unspecified atom stereocenters. The van der Waals surface area contributed by atoms with Gasteiger partial charge in [0.1, 0.15) is 22.6 Å². The standard InChI is InChI=1S/C12H8ClFN4/c1-7-16-11(13)5-12(17-7)18-10-3-2-8(6-15)4-9(10)14/h2-5H,1H3,(H,16,17,18). The normalized spacial score (nSPS) is 9.89. The second-order valence-electron chi connectivity index (χ2n) is 3.55. The first-order valence-corrected chi connectivity index (χ1v) is 5.44. The molecule has 0 saturated carbocycles. The first-order chi connectivity index (χ1) is 8.58. The molecule has 0 saturated heterocycles. The van der Waals surface area contributed by atoms with Crippen molar-refractivity contribution in [1.29, 1.82) is 5.26 Å². The molecule has 0 aliphatic heterocycles. The zero-order valence-corrected chi connectivity index (χ0v) is 10.2. The molecule has 90 valence electrons. The number of nitriles is 1. The fraction of sp³-hybridized carbons (Fsp3) is 0.0833. The van der Waals surface area contributed by atoms with Crippen molar-refractivity contribution in [3.63, 3.8) is 0 Å². The minimum absolute atomic E-state index is 0.225. The third-order valence-electron chi connectivity index (χ3n) is 2.17. The molecule has 0 aliphatic rings. The third-order valence-corrected chi connectivity index (χ3v) is 2.36. The molecule has 1 aromatic heterocycles. The summed E-state index contributed by atoms with van der Waals surface area (Å²) < 4.78 is 13.6. The number of aromatic nitrogens is 2. The summed E-state index contributed by atoms with van der Waals surface area (Å²) in [6, 6.07) is 7.49. The van der Waals surface area contributed by atoms with Crippen LogP contribution < -0.4 is 5.32 Å². The Labute approximate surface area is 108 Å². The summed E-state index contributed by atoms with van der Waals surface area (Å²) >= 11 is 5.78. The van der Waals surface area contributed by atoms with Crippen LogP contribution in [0.5, 0.6) is 0 Å². The Hall–Kier alpha value is -2.19. The number of nitrogens with one attached hydrogen (secondary N) is 1. The van der Waals surface area contributed by atoms with Gasteiger partial charge in [0.15, 0.2) is 0 Å². The van der Waals surface area contributed by atoms with Crippen LogP contribution in [0.4, 0.5) is 15.9 Å². The molecule has 0 aliphatic carbocycles. The summed E-state index contributed by atoms with van der Waals surface area (Å²) in [5.74, 6) is 0.358. The highest BCUT2D eigenvalue weighted by Crippen LogP contribution is 2.21. The van der Waals surface area contributed by atoms with Crippen LogP contribution in [0.1, 0.15) is 11.4 Å². The molecule has 0 amide bonds. The highest BCUT2D eigenvalue weighted by Gasteiger charge is 2.06. The lowest BCUT2D eigenvalue weighted by molar-refractivity contribution is 0.631. The van der Waals surface area contributed by atoms with Gasteiger partial charge in [0.25, 0.3) is 0 Å².